The van der Waals surface area contributed by atoms with Crippen LogP contribution in [0.1, 0.15) is 11.3 Å². The maximum Gasteiger partial charge on any atom is 0.277 e. The lowest BCUT2D eigenvalue weighted by atomic mass is 10.2. The van der Waals surface area contributed by atoms with Crippen molar-refractivity contribution < 1.29 is 8.81 Å². The molecule has 4 aromatic rings. The molecule has 0 N–H and O–H groups in total. The fraction of sp³-hybridized carbons (Fsp3) is 0.118. The van der Waals surface area contributed by atoms with Gasteiger partial charge in [0.1, 0.15) is 17.2 Å². The van der Waals surface area contributed by atoms with Gasteiger partial charge in [-0.2, -0.15) is 0 Å². The zero-order valence-electron chi connectivity index (χ0n) is 13.1. The van der Waals surface area contributed by atoms with Gasteiger partial charge in [0, 0.05) is 16.4 Å². The van der Waals surface area contributed by atoms with Gasteiger partial charge in [-0.25, -0.2) is 9.37 Å². The molecular weight excluding hydrogens is 407 g/mol. The van der Waals surface area contributed by atoms with Gasteiger partial charge in [-0.15, -0.1) is 10.2 Å². The number of thioether (sulfide) groups is 1. The first-order chi connectivity index (χ1) is 12.1. The quantitative estimate of drug-likeness (QED) is 0.441. The summed E-state index contributed by atoms with van der Waals surface area (Å²) in [5.41, 5.74) is 3.39. The monoisotopic (exact) mass is 418 g/mol. The van der Waals surface area contributed by atoms with Crippen LogP contribution in [0.25, 0.3) is 17.2 Å². The average molecular weight is 419 g/mol. The summed E-state index contributed by atoms with van der Waals surface area (Å²) in [4.78, 5) is 4.51. The van der Waals surface area contributed by atoms with Crippen LogP contribution in [0.2, 0.25) is 0 Å². The third-order valence-electron chi connectivity index (χ3n) is 3.64. The summed E-state index contributed by atoms with van der Waals surface area (Å²) in [6.07, 6.45) is 1.92. The number of pyridine rings is 1. The van der Waals surface area contributed by atoms with Crippen molar-refractivity contribution in [2.75, 3.05) is 0 Å². The van der Waals surface area contributed by atoms with Gasteiger partial charge >= 0.3 is 0 Å². The van der Waals surface area contributed by atoms with E-state index in [1.165, 1.54) is 23.9 Å². The highest BCUT2D eigenvalue weighted by Gasteiger charge is 2.17. The van der Waals surface area contributed by atoms with E-state index in [1.54, 1.807) is 12.1 Å². The number of rotatable bonds is 4. The van der Waals surface area contributed by atoms with Gasteiger partial charge in [0.15, 0.2) is 0 Å². The lowest BCUT2D eigenvalue weighted by Gasteiger charge is -1.99. The molecule has 0 bridgehead atoms. The molecule has 0 spiro atoms. The molecule has 3 aromatic heterocycles. The van der Waals surface area contributed by atoms with E-state index in [9.17, 15) is 4.39 Å². The number of hydrogen-bond donors (Lipinski definition) is 0. The summed E-state index contributed by atoms with van der Waals surface area (Å²) in [5.74, 6) is 0.798. The van der Waals surface area contributed by atoms with Crippen molar-refractivity contribution in [2.24, 2.45) is 0 Å². The number of imidazole rings is 1. The second kappa shape index (κ2) is 6.61. The van der Waals surface area contributed by atoms with E-state index >= 15 is 0 Å². The van der Waals surface area contributed by atoms with E-state index in [-0.39, 0.29) is 5.82 Å². The Hall–Kier alpha value is -2.19. The van der Waals surface area contributed by atoms with Gasteiger partial charge in [0.2, 0.25) is 0 Å². The second-order valence-electron chi connectivity index (χ2n) is 5.41. The van der Waals surface area contributed by atoms with Crippen molar-refractivity contribution in [1.82, 2.24) is 19.6 Å². The SMILES string of the molecule is Cc1nc2ccc(Br)cn2c1-c1nnc(SCc2ccc(F)cc2)o1. The van der Waals surface area contributed by atoms with E-state index < -0.39 is 0 Å². The summed E-state index contributed by atoms with van der Waals surface area (Å²) in [6.45, 7) is 1.91. The van der Waals surface area contributed by atoms with E-state index in [2.05, 4.69) is 31.1 Å². The number of aromatic nitrogens is 4. The van der Waals surface area contributed by atoms with Crippen LogP contribution in [0.4, 0.5) is 4.39 Å². The molecule has 0 atom stereocenters. The standard InChI is InChI=1S/C17H12BrFN4OS/c1-10-15(23-8-12(18)4-7-14(23)20-10)16-21-22-17(24-16)25-9-11-2-5-13(19)6-3-11/h2-8H,9H2,1H3. The van der Waals surface area contributed by atoms with E-state index in [4.69, 9.17) is 4.42 Å². The zero-order valence-corrected chi connectivity index (χ0v) is 15.5. The lowest BCUT2D eigenvalue weighted by molar-refractivity contribution is 0.464. The van der Waals surface area contributed by atoms with E-state index in [0.717, 1.165) is 27.1 Å². The highest BCUT2D eigenvalue weighted by atomic mass is 79.9. The first-order valence-electron chi connectivity index (χ1n) is 7.45. The Kier molecular flexibility index (Phi) is 4.30. The Bertz CT molecular complexity index is 1040. The average Bonchev–Trinajstić information content (AvgIpc) is 3.17. The number of fused-ring (bicyclic) bond motifs is 1. The van der Waals surface area contributed by atoms with Crippen molar-refractivity contribution in [3.05, 3.63) is 64.1 Å². The number of benzene rings is 1. The van der Waals surface area contributed by atoms with Crippen molar-refractivity contribution in [1.29, 1.82) is 0 Å². The number of hydrogen-bond acceptors (Lipinski definition) is 5. The highest BCUT2D eigenvalue weighted by Crippen LogP contribution is 2.29. The van der Waals surface area contributed by atoms with E-state index in [0.29, 0.717) is 16.9 Å². The Balaban J connectivity index is 1.60. The first-order valence-corrected chi connectivity index (χ1v) is 9.23. The molecule has 4 rings (SSSR count). The largest absolute Gasteiger partial charge is 0.410 e. The molecule has 0 aliphatic rings. The molecule has 0 amide bonds. The third kappa shape index (κ3) is 3.32. The maximum absolute atomic E-state index is 12.9. The molecule has 1 aromatic carbocycles. The van der Waals surface area contributed by atoms with Crippen LogP contribution in [0.5, 0.6) is 0 Å². The summed E-state index contributed by atoms with van der Waals surface area (Å²) in [6, 6.07) is 10.2. The normalized spacial score (nSPS) is 11.3. The van der Waals surface area contributed by atoms with Crippen LogP contribution < -0.4 is 0 Å². The molecule has 0 aliphatic carbocycles. The summed E-state index contributed by atoms with van der Waals surface area (Å²) in [5, 5.41) is 8.71. The van der Waals surface area contributed by atoms with Gasteiger partial charge in [0.05, 0.1) is 5.69 Å². The third-order valence-corrected chi connectivity index (χ3v) is 5.00. The second-order valence-corrected chi connectivity index (χ2v) is 7.25. The van der Waals surface area contributed by atoms with Gasteiger partial charge in [-0.3, -0.25) is 4.40 Å². The van der Waals surface area contributed by atoms with Crippen molar-refractivity contribution in [3.8, 4) is 11.6 Å². The molecule has 3 heterocycles. The Morgan fingerprint density at radius 3 is 2.76 bits per heavy atom. The van der Waals surface area contributed by atoms with Crippen LogP contribution >= 0.6 is 27.7 Å². The van der Waals surface area contributed by atoms with Crippen LogP contribution in [0.3, 0.4) is 0 Å². The van der Waals surface area contributed by atoms with Crippen molar-refractivity contribution in [3.63, 3.8) is 0 Å². The summed E-state index contributed by atoms with van der Waals surface area (Å²) < 4.78 is 21.6. The summed E-state index contributed by atoms with van der Waals surface area (Å²) >= 11 is 4.87. The molecule has 0 unspecified atom stereocenters. The smallest absolute Gasteiger partial charge is 0.277 e. The molecular formula is C17H12BrFN4OS. The molecule has 126 valence electrons. The van der Waals surface area contributed by atoms with Crippen LogP contribution in [0, 0.1) is 12.7 Å². The minimum atomic E-state index is -0.247. The van der Waals surface area contributed by atoms with Crippen molar-refractivity contribution >= 4 is 33.3 Å². The predicted octanol–water partition coefficient (Wildman–Crippen LogP) is 4.89. The van der Waals surface area contributed by atoms with Gasteiger partial charge in [0.25, 0.3) is 11.1 Å². The molecule has 0 radical (unpaired) electrons. The molecule has 0 fully saturated rings. The van der Waals surface area contributed by atoms with Gasteiger partial charge in [-0.1, -0.05) is 23.9 Å². The lowest BCUT2D eigenvalue weighted by Crippen LogP contribution is -1.89. The first kappa shape index (κ1) is 16.3. The fourth-order valence-electron chi connectivity index (χ4n) is 2.48. The number of halogens is 2. The van der Waals surface area contributed by atoms with Gasteiger partial charge in [-0.05, 0) is 52.7 Å². The zero-order chi connectivity index (χ0) is 17.4. The number of nitrogens with zero attached hydrogens (tertiary/aromatic N) is 4. The maximum atomic E-state index is 12.9. The minimum Gasteiger partial charge on any atom is -0.410 e. The van der Waals surface area contributed by atoms with Crippen LogP contribution in [-0.2, 0) is 5.75 Å². The molecule has 8 heteroatoms. The number of aryl methyl sites for hydroxylation is 1. The van der Waals surface area contributed by atoms with Crippen molar-refractivity contribution in [2.45, 2.75) is 17.9 Å². The Morgan fingerprint density at radius 2 is 1.96 bits per heavy atom. The van der Waals surface area contributed by atoms with Crippen LogP contribution in [-0.4, -0.2) is 19.6 Å². The Labute approximate surface area is 155 Å². The molecule has 0 saturated heterocycles. The molecule has 5 nitrogen and oxygen atoms in total. The van der Waals surface area contributed by atoms with E-state index in [1.807, 2.05) is 29.7 Å². The topological polar surface area (TPSA) is 56.2 Å². The highest BCUT2D eigenvalue weighted by molar-refractivity contribution is 9.10. The fourth-order valence-corrected chi connectivity index (χ4v) is 3.54. The molecule has 25 heavy (non-hydrogen) atoms. The molecule has 0 aliphatic heterocycles. The minimum absolute atomic E-state index is 0.247. The Morgan fingerprint density at radius 1 is 1.16 bits per heavy atom. The van der Waals surface area contributed by atoms with Crippen LogP contribution in [0.15, 0.2) is 56.7 Å². The predicted molar refractivity (Wildman–Crippen MR) is 96.9 cm³/mol. The van der Waals surface area contributed by atoms with Gasteiger partial charge < -0.3 is 4.42 Å². The summed E-state index contributed by atoms with van der Waals surface area (Å²) in [7, 11) is 0. The molecule has 0 saturated carbocycles.